The summed E-state index contributed by atoms with van der Waals surface area (Å²) in [6.45, 7) is 0. The van der Waals surface area contributed by atoms with Crippen LogP contribution < -0.4 is 5.32 Å². The number of carboxylic acids is 1. The summed E-state index contributed by atoms with van der Waals surface area (Å²) in [6.07, 6.45) is 7.19. The van der Waals surface area contributed by atoms with Crippen LogP contribution in [0.1, 0.15) is 61.6 Å². The minimum Gasteiger partial charge on any atom is -0.480 e. The zero-order valence-corrected chi connectivity index (χ0v) is 11.1. The first-order valence-corrected chi connectivity index (χ1v) is 7.33. The summed E-state index contributed by atoms with van der Waals surface area (Å²) in [6, 6.07) is 7.96. The van der Waals surface area contributed by atoms with E-state index in [1.807, 2.05) is 12.1 Å². The van der Waals surface area contributed by atoms with Gasteiger partial charge in [0.1, 0.15) is 6.04 Å². The molecular formula is C16H21NO2. The summed E-state index contributed by atoms with van der Waals surface area (Å²) in [5.41, 5.74) is 2.23. The van der Waals surface area contributed by atoms with Crippen molar-refractivity contribution in [3.63, 3.8) is 0 Å². The molecule has 3 nitrogen and oxygen atoms in total. The van der Waals surface area contributed by atoms with E-state index in [-0.39, 0.29) is 0 Å². The third-order valence-electron chi connectivity index (χ3n) is 4.32. The molecule has 19 heavy (non-hydrogen) atoms. The molecule has 1 aromatic rings. The fourth-order valence-electron chi connectivity index (χ4n) is 3.02. The lowest BCUT2D eigenvalue weighted by Crippen LogP contribution is -2.35. The number of carboxylic acid groups (broad SMARTS) is 1. The molecule has 2 fully saturated rings. The Hall–Kier alpha value is -1.35. The van der Waals surface area contributed by atoms with Crippen molar-refractivity contribution in [2.24, 2.45) is 0 Å². The molecular weight excluding hydrogens is 238 g/mol. The molecule has 0 spiro atoms. The summed E-state index contributed by atoms with van der Waals surface area (Å²) in [4.78, 5) is 11.5. The number of hydrogen-bond acceptors (Lipinski definition) is 2. The van der Waals surface area contributed by atoms with Gasteiger partial charge in [-0.3, -0.25) is 10.1 Å². The average molecular weight is 259 g/mol. The standard InChI is InChI=1S/C16H21NO2/c18-16(19)15(17-14-3-1-2-4-14)13-9-7-12(8-10-13)11-5-6-11/h7-11,14-15,17H,1-6H2,(H,18,19). The van der Waals surface area contributed by atoms with Crippen LogP contribution in [-0.2, 0) is 4.79 Å². The van der Waals surface area contributed by atoms with E-state index in [0.29, 0.717) is 6.04 Å². The van der Waals surface area contributed by atoms with Gasteiger partial charge in [0.2, 0.25) is 0 Å². The van der Waals surface area contributed by atoms with Gasteiger partial charge in [0, 0.05) is 6.04 Å². The molecule has 3 heteroatoms. The summed E-state index contributed by atoms with van der Waals surface area (Å²) in [5.74, 6) is -0.0498. The summed E-state index contributed by atoms with van der Waals surface area (Å²) < 4.78 is 0. The second kappa shape index (κ2) is 5.33. The van der Waals surface area contributed by atoms with Crippen molar-refractivity contribution >= 4 is 5.97 Å². The molecule has 1 atom stereocenters. The van der Waals surface area contributed by atoms with Gasteiger partial charge < -0.3 is 5.11 Å². The van der Waals surface area contributed by atoms with E-state index in [1.54, 1.807) is 0 Å². The van der Waals surface area contributed by atoms with Crippen LogP contribution in [0.5, 0.6) is 0 Å². The normalized spacial score (nSPS) is 21.5. The van der Waals surface area contributed by atoms with Crippen molar-refractivity contribution in [2.75, 3.05) is 0 Å². The largest absolute Gasteiger partial charge is 0.480 e. The Morgan fingerprint density at radius 2 is 1.74 bits per heavy atom. The van der Waals surface area contributed by atoms with Gasteiger partial charge in [-0.2, -0.15) is 0 Å². The molecule has 2 N–H and O–H groups in total. The second-order valence-electron chi connectivity index (χ2n) is 5.86. The maximum atomic E-state index is 11.5. The highest BCUT2D eigenvalue weighted by atomic mass is 16.4. The highest BCUT2D eigenvalue weighted by Gasteiger charge is 2.27. The van der Waals surface area contributed by atoms with Crippen LogP contribution in [0.15, 0.2) is 24.3 Å². The van der Waals surface area contributed by atoms with E-state index < -0.39 is 12.0 Å². The quantitative estimate of drug-likeness (QED) is 0.853. The van der Waals surface area contributed by atoms with Crippen molar-refractivity contribution in [3.8, 4) is 0 Å². The van der Waals surface area contributed by atoms with Crippen LogP contribution in [0.4, 0.5) is 0 Å². The minimum absolute atomic E-state index is 0.365. The third-order valence-corrected chi connectivity index (χ3v) is 4.32. The number of aliphatic carboxylic acids is 1. The van der Waals surface area contributed by atoms with Gasteiger partial charge in [-0.05, 0) is 42.7 Å². The molecule has 1 unspecified atom stereocenters. The molecule has 102 valence electrons. The van der Waals surface area contributed by atoms with E-state index >= 15 is 0 Å². The molecule has 0 radical (unpaired) electrons. The van der Waals surface area contributed by atoms with Gasteiger partial charge in [-0.1, -0.05) is 37.1 Å². The Morgan fingerprint density at radius 3 is 2.26 bits per heavy atom. The molecule has 0 aromatic heterocycles. The predicted octanol–water partition coefficient (Wildman–Crippen LogP) is 3.22. The molecule has 2 aliphatic rings. The zero-order chi connectivity index (χ0) is 13.2. The predicted molar refractivity (Wildman–Crippen MR) is 74.2 cm³/mol. The Bertz CT molecular complexity index is 444. The van der Waals surface area contributed by atoms with Crippen LogP contribution in [0, 0.1) is 0 Å². The number of benzene rings is 1. The van der Waals surface area contributed by atoms with Crippen LogP contribution in [-0.4, -0.2) is 17.1 Å². The van der Waals surface area contributed by atoms with E-state index in [0.717, 1.165) is 24.3 Å². The van der Waals surface area contributed by atoms with Gasteiger partial charge in [0.25, 0.3) is 0 Å². The van der Waals surface area contributed by atoms with Gasteiger partial charge >= 0.3 is 5.97 Å². The first-order valence-electron chi connectivity index (χ1n) is 7.33. The van der Waals surface area contributed by atoms with Gasteiger partial charge in [0.05, 0.1) is 0 Å². The van der Waals surface area contributed by atoms with Crippen LogP contribution >= 0.6 is 0 Å². The van der Waals surface area contributed by atoms with Crippen molar-refractivity contribution in [2.45, 2.75) is 56.5 Å². The third kappa shape index (κ3) is 2.98. The zero-order valence-electron chi connectivity index (χ0n) is 11.1. The van der Waals surface area contributed by atoms with Crippen molar-refractivity contribution in [1.82, 2.24) is 5.32 Å². The first-order chi connectivity index (χ1) is 9.24. The Kier molecular flexibility index (Phi) is 3.56. The monoisotopic (exact) mass is 259 g/mol. The molecule has 2 aliphatic carbocycles. The molecule has 0 bridgehead atoms. The van der Waals surface area contributed by atoms with E-state index in [2.05, 4.69) is 17.4 Å². The topological polar surface area (TPSA) is 49.3 Å². The van der Waals surface area contributed by atoms with E-state index in [4.69, 9.17) is 0 Å². The van der Waals surface area contributed by atoms with Crippen LogP contribution in [0.25, 0.3) is 0 Å². The smallest absolute Gasteiger partial charge is 0.325 e. The summed E-state index contributed by atoms with van der Waals surface area (Å²) in [7, 11) is 0. The molecule has 0 aliphatic heterocycles. The summed E-state index contributed by atoms with van der Waals surface area (Å²) >= 11 is 0. The van der Waals surface area contributed by atoms with Gasteiger partial charge in [-0.15, -0.1) is 0 Å². The van der Waals surface area contributed by atoms with E-state index in [9.17, 15) is 9.90 Å². The fraction of sp³-hybridized carbons (Fsp3) is 0.562. The number of carbonyl (C=O) groups is 1. The highest BCUT2D eigenvalue weighted by molar-refractivity contribution is 5.75. The Balaban J connectivity index is 1.72. The second-order valence-corrected chi connectivity index (χ2v) is 5.86. The van der Waals surface area contributed by atoms with Crippen LogP contribution in [0.2, 0.25) is 0 Å². The Morgan fingerprint density at radius 1 is 1.11 bits per heavy atom. The molecule has 0 heterocycles. The SMILES string of the molecule is O=C(O)C(NC1CCCC1)c1ccc(C2CC2)cc1. The first kappa shape index (κ1) is 12.7. The molecule has 0 amide bonds. The molecule has 3 rings (SSSR count). The fourth-order valence-corrected chi connectivity index (χ4v) is 3.02. The lowest BCUT2D eigenvalue weighted by Gasteiger charge is -2.20. The number of nitrogens with one attached hydrogen (secondary N) is 1. The van der Waals surface area contributed by atoms with Crippen molar-refractivity contribution < 1.29 is 9.90 Å². The molecule has 2 saturated carbocycles. The van der Waals surface area contributed by atoms with Crippen LogP contribution in [0.3, 0.4) is 0 Å². The highest BCUT2D eigenvalue weighted by Crippen LogP contribution is 2.40. The number of rotatable bonds is 5. The number of hydrogen-bond donors (Lipinski definition) is 2. The molecule has 0 saturated heterocycles. The maximum absolute atomic E-state index is 11.5. The van der Waals surface area contributed by atoms with E-state index in [1.165, 1.54) is 31.2 Å². The molecule has 1 aromatic carbocycles. The van der Waals surface area contributed by atoms with Gasteiger partial charge in [0.15, 0.2) is 0 Å². The lowest BCUT2D eigenvalue weighted by atomic mass is 10.0. The maximum Gasteiger partial charge on any atom is 0.325 e. The Labute approximate surface area is 114 Å². The minimum atomic E-state index is -0.772. The van der Waals surface area contributed by atoms with Gasteiger partial charge in [-0.25, -0.2) is 0 Å². The van der Waals surface area contributed by atoms with Crippen molar-refractivity contribution in [3.05, 3.63) is 35.4 Å². The average Bonchev–Trinajstić information content (AvgIpc) is 3.13. The lowest BCUT2D eigenvalue weighted by molar-refractivity contribution is -0.139. The summed E-state index contributed by atoms with van der Waals surface area (Å²) in [5, 5.41) is 12.7. The van der Waals surface area contributed by atoms with Crippen molar-refractivity contribution in [1.29, 1.82) is 0 Å².